The number of halogens is 2. The monoisotopic (exact) mass is 570 g/mol. The smallest absolute Gasteiger partial charge is 0.310 e. The van der Waals surface area contributed by atoms with E-state index in [1.807, 2.05) is 0 Å². The molecule has 34 heavy (non-hydrogen) atoms. The molecule has 3 saturated heterocycles. The summed E-state index contributed by atoms with van der Waals surface area (Å²) in [6.07, 6.45) is 2.16. The van der Waals surface area contributed by atoms with Gasteiger partial charge in [0.05, 0.1) is 46.5 Å². The average Bonchev–Trinajstić information content (AvgIpc) is 3.40. The van der Waals surface area contributed by atoms with Gasteiger partial charge in [0.25, 0.3) is 5.91 Å². The van der Waals surface area contributed by atoms with Crippen LogP contribution in [0.15, 0.2) is 36.9 Å². The van der Waals surface area contributed by atoms with Crippen LogP contribution in [0.5, 0.6) is 0 Å². The number of para-hydroxylation sites is 1. The first kappa shape index (κ1) is 25.5. The second kappa shape index (κ2) is 9.84. The maximum Gasteiger partial charge on any atom is 0.310 e. The van der Waals surface area contributed by atoms with Gasteiger partial charge < -0.3 is 19.6 Å². The minimum atomic E-state index is -0.877. The Bertz CT molecular complexity index is 1010. The highest BCUT2D eigenvalue weighted by Crippen LogP contribution is 2.68. The van der Waals surface area contributed by atoms with Crippen molar-refractivity contribution >= 4 is 62.8 Å². The summed E-state index contributed by atoms with van der Waals surface area (Å²) in [5.74, 6) is -2.36. The molecule has 3 aliphatic heterocycles. The number of amides is 2. The van der Waals surface area contributed by atoms with Crippen molar-refractivity contribution in [1.29, 1.82) is 0 Å². The van der Waals surface area contributed by atoms with E-state index >= 15 is 0 Å². The average molecular weight is 572 g/mol. The molecule has 1 N–H and O–H groups in total. The highest BCUT2D eigenvalue weighted by Gasteiger charge is 2.76. The van der Waals surface area contributed by atoms with Gasteiger partial charge in [0, 0.05) is 16.6 Å². The van der Waals surface area contributed by atoms with Crippen molar-refractivity contribution in [2.24, 2.45) is 11.8 Å². The van der Waals surface area contributed by atoms with Crippen molar-refractivity contribution in [3.63, 3.8) is 0 Å². The van der Waals surface area contributed by atoms with Gasteiger partial charge >= 0.3 is 5.97 Å². The molecule has 4 rings (SSSR count). The van der Waals surface area contributed by atoms with Gasteiger partial charge in [-0.15, -0.1) is 18.3 Å². The maximum absolute atomic E-state index is 14.3. The van der Waals surface area contributed by atoms with Gasteiger partial charge in [-0.2, -0.15) is 0 Å². The van der Waals surface area contributed by atoms with Crippen molar-refractivity contribution in [2.75, 3.05) is 24.7 Å². The second-order valence-electron chi connectivity index (χ2n) is 8.88. The predicted molar refractivity (Wildman–Crippen MR) is 136 cm³/mol. The van der Waals surface area contributed by atoms with Gasteiger partial charge in [-0.1, -0.05) is 45.7 Å². The molecule has 2 amide bonds. The molecule has 0 aliphatic carbocycles. The van der Waals surface area contributed by atoms with Crippen molar-refractivity contribution in [2.45, 2.75) is 47.2 Å². The van der Waals surface area contributed by atoms with Crippen molar-refractivity contribution in [3.05, 3.63) is 41.9 Å². The number of alkyl halides is 1. The Morgan fingerprint density at radius 1 is 1.47 bits per heavy atom. The third-order valence-corrected chi connectivity index (χ3v) is 10.5. The van der Waals surface area contributed by atoms with Crippen LogP contribution in [0.1, 0.15) is 20.3 Å². The molecule has 7 nitrogen and oxygen atoms in total. The topological polar surface area (TPSA) is 87.2 Å². The summed E-state index contributed by atoms with van der Waals surface area (Å²) in [7, 11) is 0. The van der Waals surface area contributed by atoms with E-state index in [4.69, 9.17) is 16.3 Å². The highest BCUT2D eigenvalue weighted by atomic mass is 79.9. The fraction of sp³-hybridized carbons (Fsp3) is 0.542. The first-order valence-electron chi connectivity index (χ1n) is 11.3. The lowest BCUT2D eigenvalue weighted by atomic mass is 9.71. The van der Waals surface area contributed by atoms with Crippen LogP contribution in [0, 0.1) is 11.8 Å². The summed E-state index contributed by atoms with van der Waals surface area (Å²) in [5, 5.41) is 10.2. The van der Waals surface area contributed by atoms with Crippen LogP contribution in [-0.2, 0) is 19.1 Å². The van der Waals surface area contributed by atoms with Gasteiger partial charge in [-0.05, 0) is 32.4 Å². The Morgan fingerprint density at radius 3 is 2.79 bits per heavy atom. The fourth-order valence-corrected chi connectivity index (χ4v) is 9.49. The van der Waals surface area contributed by atoms with Gasteiger partial charge in [0.2, 0.25) is 5.91 Å². The van der Waals surface area contributed by atoms with E-state index in [9.17, 15) is 19.5 Å². The number of hydrogen-bond acceptors (Lipinski definition) is 6. The number of carbonyl (C=O) groups is 3. The molecule has 3 unspecified atom stereocenters. The van der Waals surface area contributed by atoms with E-state index in [1.165, 1.54) is 21.6 Å². The number of thioether (sulfide) groups is 1. The maximum atomic E-state index is 14.3. The van der Waals surface area contributed by atoms with Crippen LogP contribution in [-0.4, -0.2) is 74.5 Å². The predicted octanol–water partition coefficient (Wildman–Crippen LogP) is 3.27. The molecular formula is C24H28BrClN2O5S. The lowest BCUT2D eigenvalue weighted by Gasteiger charge is -2.39. The molecule has 184 valence electrons. The summed E-state index contributed by atoms with van der Waals surface area (Å²) in [6, 6.07) is 5.55. The number of fused-ring (bicyclic) bond motifs is 1. The summed E-state index contributed by atoms with van der Waals surface area (Å²) in [4.78, 5) is 44.1. The highest BCUT2D eigenvalue weighted by molar-refractivity contribution is 9.09. The van der Waals surface area contributed by atoms with Gasteiger partial charge in [-0.25, -0.2) is 0 Å². The first-order chi connectivity index (χ1) is 16.2. The second-order valence-corrected chi connectivity index (χ2v) is 12.0. The number of aliphatic hydroxyl groups is 1. The Kier molecular flexibility index (Phi) is 7.39. The van der Waals surface area contributed by atoms with E-state index in [0.29, 0.717) is 17.1 Å². The lowest BCUT2D eigenvalue weighted by molar-refractivity contribution is -0.154. The zero-order chi connectivity index (χ0) is 24.8. The van der Waals surface area contributed by atoms with Crippen LogP contribution >= 0.6 is 39.3 Å². The molecule has 0 radical (unpaired) electrons. The number of nitrogens with zero attached hydrogens (tertiary/aromatic N) is 2. The standard InChI is InChI=1S/C24H28BrClN2O5S/c1-4-10-27(16-9-7-6-8-15(16)26)22(31)20-24-11-14(25)19(34-24)17(23(32)33-5-2)18(24)21(30)28(20)13(3)12-29/h4,6-9,13-14,17-20,29H,1,5,10-12H2,2-3H3/t13-,14?,17+,18+,19+,20?,24?/m1/s1. The normalized spacial score (nSPS) is 32.4. The number of hydrogen-bond donors (Lipinski definition) is 1. The van der Waals surface area contributed by atoms with Crippen molar-refractivity contribution in [3.8, 4) is 0 Å². The summed E-state index contributed by atoms with van der Waals surface area (Å²) in [5.41, 5.74) is 0.521. The molecule has 1 spiro atoms. The van der Waals surface area contributed by atoms with Crippen molar-refractivity contribution < 1.29 is 24.2 Å². The molecule has 3 fully saturated rings. The zero-order valence-electron chi connectivity index (χ0n) is 19.0. The number of carbonyl (C=O) groups excluding carboxylic acids is 3. The summed E-state index contributed by atoms with van der Waals surface area (Å²) in [6.45, 7) is 7.36. The molecule has 1 aromatic carbocycles. The SMILES string of the molecule is C=CCN(C(=O)C1N([C@H](C)CO)C(=O)[C@@H]2[C@H](C(=O)OCC)[C@H]3SC12CC3Br)c1ccccc1Cl. The number of likely N-dealkylation sites (tertiary alicyclic amines) is 1. The van der Waals surface area contributed by atoms with E-state index < -0.39 is 34.6 Å². The lowest BCUT2D eigenvalue weighted by Crippen LogP contribution is -2.57. The molecule has 2 bridgehead atoms. The summed E-state index contributed by atoms with van der Waals surface area (Å²) >= 11 is 11.7. The Hall–Kier alpha value is -1.55. The summed E-state index contributed by atoms with van der Waals surface area (Å²) < 4.78 is 4.52. The Morgan fingerprint density at radius 2 is 2.18 bits per heavy atom. The van der Waals surface area contributed by atoms with Crippen LogP contribution < -0.4 is 4.90 Å². The Labute approximate surface area is 216 Å². The minimum Gasteiger partial charge on any atom is -0.466 e. The quantitative estimate of drug-likeness (QED) is 0.293. The van der Waals surface area contributed by atoms with Gasteiger partial charge in [0.15, 0.2) is 0 Å². The third kappa shape index (κ3) is 3.79. The zero-order valence-corrected chi connectivity index (χ0v) is 22.2. The van der Waals surface area contributed by atoms with Crippen molar-refractivity contribution in [1.82, 2.24) is 4.90 Å². The number of rotatable bonds is 8. The van der Waals surface area contributed by atoms with E-state index in [-0.39, 0.29) is 41.6 Å². The molecule has 7 atom stereocenters. The molecule has 1 aromatic rings. The molecule has 3 heterocycles. The van der Waals surface area contributed by atoms with Crippen LogP contribution in [0.25, 0.3) is 0 Å². The number of benzene rings is 1. The van der Waals surface area contributed by atoms with Gasteiger partial charge in [-0.3, -0.25) is 14.4 Å². The molecule has 10 heteroatoms. The number of anilines is 1. The Balaban J connectivity index is 1.83. The van der Waals surface area contributed by atoms with Crippen LogP contribution in [0.2, 0.25) is 5.02 Å². The molecule has 3 aliphatic rings. The number of aliphatic hydroxyl groups excluding tert-OH is 1. The fourth-order valence-electron chi connectivity index (χ4n) is 5.67. The molecular weight excluding hydrogens is 544 g/mol. The third-order valence-electron chi connectivity index (χ3n) is 6.98. The molecule has 0 aromatic heterocycles. The minimum absolute atomic E-state index is 0.0520. The van der Waals surface area contributed by atoms with E-state index in [2.05, 4.69) is 22.5 Å². The van der Waals surface area contributed by atoms with Crippen LogP contribution in [0.3, 0.4) is 0 Å². The molecule has 0 saturated carbocycles. The number of esters is 1. The number of ether oxygens (including phenoxy) is 1. The largest absolute Gasteiger partial charge is 0.466 e. The first-order valence-corrected chi connectivity index (χ1v) is 13.5. The van der Waals surface area contributed by atoms with E-state index in [0.717, 1.165) is 0 Å². The van der Waals surface area contributed by atoms with E-state index in [1.54, 1.807) is 44.2 Å². The van der Waals surface area contributed by atoms with Gasteiger partial charge in [0.1, 0.15) is 6.04 Å². The van der Waals surface area contributed by atoms with Crippen LogP contribution in [0.4, 0.5) is 5.69 Å².